The fourth-order valence-electron chi connectivity index (χ4n) is 0.835. The Morgan fingerprint density at radius 2 is 2.17 bits per heavy atom. The molecule has 1 N–H and O–H groups in total. The maximum atomic E-state index is 8.64. The zero-order valence-electron chi connectivity index (χ0n) is 7.78. The van der Waals surface area contributed by atoms with Gasteiger partial charge in [0, 0.05) is 6.42 Å². The summed E-state index contributed by atoms with van der Waals surface area (Å²) in [4.78, 5) is 4.06. The minimum atomic E-state index is -0.0271. The summed E-state index contributed by atoms with van der Waals surface area (Å²) < 4.78 is 1.80. The van der Waals surface area contributed by atoms with Gasteiger partial charge in [-0.3, -0.25) is 0 Å². The lowest BCUT2D eigenvalue weighted by atomic mass is 10.1. The van der Waals surface area contributed by atoms with Crippen LogP contribution < -0.4 is 0 Å². The molecule has 4 nitrogen and oxygen atoms in total. The summed E-state index contributed by atoms with van der Waals surface area (Å²) in [5.41, 5.74) is -0.0271. The lowest BCUT2D eigenvalue weighted by Crippen LogP contribution is -2.22. The molecule has 0 radical (unpaired) electrons. The van der Waals surface area contributed by atoms with Crippen LogP contribution in [-0.2, 0) is 12.0 Å². The molecule has 0 atom stereocenters. The van der Waals surface area contributed by atoms with Gasteiger partial charge in [-0.15, -0.1) is 0 Å². The third kappa shape index (κ3) is 2.04. The van der Waals surface area contributed by atoms with Crippen molar-refractivity contribution in [2.24, 2.45) is 0 Å². The van der Waals surface area contributed by atoms with Crippen LogP contribution in [0, 0.1) is 0 Å². The van der Waals surface area contributed by atoms with Crippen LogP contribution in [0.15, 0.2) is 6.33 Å². The van der Waals surface area contributed by atoms with Crippen molar-refractivity contribution in [1.82, 2.24) is 14.8 Å². The molecule has 68 valence electrons. The molecule has 0 spiro atoms. The molecule has 1 aromatic rings. The van der Waals surface area contributed by atoms with E-state index in [4.69, 9.17) is 5.11 Å². The molecule has 0 aliphatic carbocycles. The third-order valence-electron chi connectivity index (χ3n) is 1.56. The van der Waals surface area contributed by atoms with Crippen molar-refractivity contribution in [3.8, 4) is 0 Å². The Kier molecular flexibility index (Phi) is 2.47. The van der Waals surface area contributed by atoms with Crippen molar-refractivity contribution < 1.29 is 5.11 Å². The molecule has 0 aliphatic rings. The number of hydrogen-bond acceptors (Lipinski definition) is 3. The van der Waals surface area contributed by atoms with E-state index in [0.717, 1.165) is 0 Å². The minimum Gasteiger partial charge on any atom is -0.396 e. The Bertz CT molecular complexity index is 249. The second kappa shape index (κ2) is 3.23. The lowest BCUT2D eigenvalue weighted by molar-refractivity contribution is 0.294. The molecular formula is C8H15N3O. The molecule has 0 amide bonds. The van der Waals surface area contributed by atoms with Crippen LogP contribution >= 0.6 is 0 Å². The molecule has 1 aromatic heterocycles. The Morgan fingerprint density at radius 3 is 2.58 bits per heavy atom. The highest BCUT2D eigenvalue weighted by Crippen LogP contribution is 2.10. The quantitative estimate of drug-likeness (QED) is 0.704. The molecule has 0 fully saturated rings. The first kappa shape index (κ1) is 9.19. The highest BCUT2D eigenvalue weighted by molar-refractivity contribution is 4.84. The zero-order chi connectivity index (χ0) is 9.19. The Hall–Kier alpha value is -0.900. The van der Waals surface area contributed by atoms with Crippen LogP contribution in [0.5, 0.6) is 0 Å². The third-order valence-corrected chi connectivity index (χ3v) is 1.56. The van der Waals surface area contributed by atoms with E-state index in [2.05, 4.69) is 30.9 Å². The standard InChI is InChI=1S/C8H15N3O/c1-8(2,3)11-6-9-7(10-11)4-5-12/h6,12H,4-5H2,1-3H3. The first-order valence-electron chi connectivity index (χ1n) is 4.06. The van der Waals surface area contributed by atoms with Crippen molar-refractivity contribution in [3.05, 3.63) is 12.2 Å². The first-order valence-corrected chi connectivity index (χ1v) is 4.06. The Morgan fingerprint density at radius 1 is 1.50 bits per heavy atom. The van der Waals surface area contributed by atoms with Crippen LogP contribution in [0.4, 0.5) is 0 Å². The van der Waals surface area contributed by atoms with Gasteiger partial charge in [0.2, 0.25) is 0 Å². The highest BCUT2D eigenvalue weighted by Gasteiger charge is 2.14. The van der Waals surface area contributed by atoms with E-state index < -0.39 is 0 Å². The number of nitrogens with zero attached hydrogens (tertiary/aromatic N) is 3. The number of hydrogen-bond donors (Lipinski definition) is 1. The summed E-state index contributed by atoms with van der Waals surface area (Å²) in [5.74, 6) is 0.701. The summed E-state index contributed by atoms with van der Waals surface area (Å²) in [7, 11) is 0. The van der Waals surface area contributed by atoms with E-state index in [0.29, 0.717) is 12.2 Å². The number of aromatic nitrogens is 3. The van der Waals surface area contributed by atoms with E-state index in [1.165, 1.54) is 0 Å². The maximum absolute atomic E-state index is 8.64. The molecule has 4 heteroatoms. The molecule has 0 bridgehead atoms. The molecule has 0 saturated heterocycles. The van der Waals surface area contributed by atoms with Gasteiger partial charge in [0.25, 0.3) is 0 Å². The second-order valence-corrected chi connectivity index (χ2v) is 3.75. The van der Waals surface area contributed by atoms with Gasteiger partial charge in [0.15, 0.2) is 5.82 Å². The summed E-state index contributed by atoms with van der Waals surface area (Å²) in [5, 5.41) is 12.9. The summed E-state index contributed by atoms with van der Waals surface area (Å²) in [6.07, 6.45) is 2.23. The van der Waals surface area contributed by atoms with Crippen LogP contribution in [0.3, 0.4) is 0 Å². The zero-order valence-corrected chi connectivity index (χ0v) is 7.78. The predicted molar refractivity (Wildman–Crippen MR) is 45.8 cm³/mol. The maximum Gasteiger partial charge on any atom is 0.152 e. The van der Waals surface area contributed by atoms with Gasteiger partial charge in [-0.1, -0.05) is 0 Å². The normalized spacial score (nSPS) is 12.0. The van der Waals surface area contributed by atoms with Crippen LogP contribution in [0.25, 0.3) is 0 Å². The predicted octanol–water partition coefficient (Wildman–Crippen LogP) is 0.568. The van der Waals surface area contributed by atoms with Gasteiger partial charge in [-0.2, -0.15) is 5.10 Å². The van der Waals surface area contributed by atoms with Crippen LogP contribution in [0.2, 0.25) is 0 Å². The molecule has 1 heterocycles. The van der Waals surface area contributed by atoms with Gasteiger partial charge < -0.3 is 5.11 Å². The van der Waals surface area contributed by atoms with Crippen LogP contribution in [-0.4, -0.2) is 26.5 Å². The van der Waals surface area contributed by atoms with Crippen molar-refractivity contribution in [2.45, 2.75) is 32.7 Å². The molecule has 1 rings (SSSR count). The molecular weight excluding hydrogens is 154 g/mol. The minimum absolute atomic E-state index is 0.0271. The van der Waals surface area contributed by atoms with Crippen molar-refractivity contribution in [3.63, 3.8) is 0 Å². The average molecular weight is 169 g/mol. The fourth-order valence-corrected chi connectivity index (χ4v) is 0.835. The van der Waals surface area contributed by atoms with Gasteiger partial charge in [0.1, 0.15) is 6.33 Å². The molecule has 0 unspecified atom stereocenters. The molecule has 0 aromatic carbocycles. The Labute approximate surface area is 72.2 Å². The van der Waals surface area contributed by atoms with Gasteiger partial charge in [0.05, 0.1) is 12.1 Å². The van der Waals surface area contributed by atoms with Crippen molar-refractivity contribution >= 4 is 0 Å². The topological polar surface area (TPSA) is 50.9 Å². The van der Waals surface area contributed by atoms with Gasteiger partial charge >= 0.3 is 0 Å². The monoisotopic (exact) mass is 169 g/mol. The molecule has 0 aliphatic heterocycles. The highest BCUT2D eigenvalue weighted by atomic mass is 16.3. The SMILES string of the molecule is CC(C)(C)n1cnc(CCO)n1. The molecule has 12 heavy (non-hydrogen) atoms. The number of aliphatic hydroxyl groups is 1. The summed E-state index contributed by atoms with van der Waals surface area (Å²) in [6, 6.07) is 0. The van der Waals surface area contributed by atoms with Gasteiger partial charge in [-0.05, 0) is 20.8 Å². The summed E-state index contributed by atoms with van der Waals surface area (Å²) in [6.45, 7) is 6.29. The smallest absolute Gasteiger partial charge is 0.152 e. The first-order chi connectivity index (χ1) is 5.54. The van der Waals surface area contributed by atoms with Crippen molar-refractivity contribution in [1.29, 1.82) is 0 Å². The van der Waals surface area contributed by atoms with Crippen LogP contribution in [0.1, 0.15) is 26.6 Å². The van der Waals surface area contributed by atoms with E-state index in [1.54, 1.807) is 11.0 Å². The molecule has 0 saturated carbocycles. The van der Waals surface area contributed by atoms with E-state index in [1.807, 2.05) is 0 Å². The Balaban J connectivity index is 2.77. The lowest BCUT2D eigenvalue weighted by Gasteiger charge is -2.17. The second-order valence-electron chi connectivity index (χ2n) is 3.75. The van der Waals surface area contributed by atoms with Gasteiger partial charge in [-0.25, -0.2) is 9.67 Å². The number of rotatable bonds is 2. The average Bonchev–Trinajstić information content (AvgIpc) is 2.35. The fraction of sp³-hybridized carbons (Fsp3) is 0.750. The van der Waals surface area contributed by atoms with E-state index in [-0.39, 0.29) is 12.1 Å². The van der Waals surface area contributed by atoms with Crippen molar-refractivity contribution in [2.75, 3.05) is 6.61 Å². The largest absolute Gasteiger partial charge is 0.396 e. The summed E-state index contributed by atoms with van der Waals surface area (Å²) >= 11 is 0. The van der Waals surface area contributed by atoms with E-state index in [9.17, 15) is 0 Å². The number of aliphatic hydroxyl groups excluding tert-OH is 1. The van der Waals surface area contributed by atoms with E-state index >= 15 is 0 Å².